The van der Waals surface area contributed by atoms with Crippen molar-refractivity contribution >= 4 is 10.8 Å². The molecule has 0 saturated carbocycles. The van der Waals surface area contributed by atoms with E-state index in [0.717, 1.165) is 22.9 Å². The van der Waals surface area contributed by atoms with Gasteiger partial charge in [-0.05, 0) is 23.6 Å². The standard InChI is InChI=1S/C17H16FN3/c1-2-21-17(14-7-8-19-11-16(14)18)15-10-20-9-12-5-3-4-6-13(12)15/h3-11,17,21H,2H2,1H3. The van der Waals surface area contributed by atoms with E-state index in [1.807, 2.05) is 37.4 Å². The fourth-order valence-corrected chi connectivity index (χ4v) is 2.58. The van der Waals surface area contributed by atoms with Crippen molar-refractivity contribution < 1.29 is 4.39 Å². The van der Waals surface area contributed by atoms with Crippen LogP contribution in [0.5, 0.6) is 0 Å². The van der Waals surface area contributed by atoms with Crippen LogP contribution < -0.4 is 5.32 Å². The average Bonchev–Trinajstić information content (AvgIpc) is 2.53. The Kier molecular flexibility index (Phi) is 3.88. The highest BCUT2D eigenvalue weighted by atomic mass is 19.1. The van der Waals surface area contributed by atoms with Crippen molar-refractivity contribution in [3.8, 4) is 0 Å². The van der Waals surface area contributed by atoms with Crippen LogP contribution in [0, 0.1) is 5.82 Å². The van der Waals surface area contributed by atoms with Crippen LogP contribution in [0.25, 0.3) is 10.8 Å². The monoisotopic (exact) mass is 281 g/mol. The zero-order valence-electron chi connectivity index (χ0n) is 11.8. The lowest BCUT2D eigenvalue weighted by Crippen LogP contribution is -2.23. The van der Waals surface area contributed by atoms with Crippen molar-refractivity contribution in [1.29, 1.82) is 0 Å². The minimum absolute atomic E-state index is 0.239. The Balaban J connectivity index is 2.19. The highest BCUT2D eigenvalue weighted by Gasteiger charge is 2.19. The molecule has 1 aromatic carbocycles. The van der Waals surface area contributed by atoms with Gasteiger partial charge in [0.25, 0.3) is 0 Å². The van der Waals surface area contributed by atoms with Crippen LogP contribution in [-0.4, -0.2) is 16.5 Å². The third kappa shape index (κ3) is 2.62. The van der Waals surface area contributed by atoms with E-state index in [1.54, 1.807) is 18.5 Å². The highest BCUT2D eigenvalue weighted by molar-refractivity contribution is 5.85. The van der Waals surface area contributed by atoms with Crippen molar-refractivity contribution in [3.63, 3.8) is 0 Å². The summed E-state index contributed by atoms with van der Waals surface area (Å²) in [6.45, 7) is 2.74. The molecule has 4 heteroatoms. The summed E-state index contributed by atoms with van der Waals surface area (Å²) in [5, 5.41) is 5.47. The Bertz CT molecular complexity index is 752. The lowest BCUT2D eigenvalue weighted by atomic mass is 9.96. The Labute approximate surface area is 122 Å². The fraction of sp³-hybridized carbons (Fsp3) is 0.176. The Morgan fingerprint density at radius 2 is 1.90 bits per heavy atom. The Hall–Kier alpha value is -2.33. The van der Waals surface area contributed by atoms with Crippen LogP contribution in [0.3, 0.4) is 0 Å². The van der Waals surface area contributed by atoms with Gasteiger partial charge in [0, 0.05) is 29.5 Å². The first kappa shape index (κ1) is 13.6. The summed E-state index contributed by atoms with van der Waals surface area (Å²) in [5.41, 5.74) is 1.56. The first-order valence-electron chi connectivity index (χ1n) is 6.96. The van der Waals surface area contributed by atoms with Gasteiger partial charge in [-0.25, -0.2) is 4.39 Å². The molecule has 2 heterocycles. The molecule has 3 aromatic rings. The second-order valence-electron chi connectivity index (χ2n) is 4.84. The molecule has 0 radical (unpaired) electrons. The quantitative estimate of drug-likeness (QED) is 0.795. The summed E-state index contributed by atoms with van der Waals surface area (Å²) in [4.78, 5) is 8.12. The van der Waals surface area contributed by atoms with E-state index >= 15 is 0 Å². The molecule has 0 aliphatic heterocycles. The second kappa shape index (κ2) is 5.97. The summed E-state index contributed by atoms with van der Waals surface area (Å²) in [6.07, 6.45) is 6.49. The molecule has 0 aliphatic carbocycles. The molecule has 106 valence electrons. The lowest BCUT2D eigenvalue weighted by Gasteiger charge is -2.20. The van der Waals surface area contributed by atoms with E-state index in [0.29, 0.717) is 5.56 Å². The van der Waals surface area contributed by atoms with Gasteiger partial charge in [0.2, 0.25) is 0 Å². The largest absolute Gasteiger partial charge is 0.306 e. The number of benzene rings is 1. The zero-order valence-corrected chi connectivity index (χ0v) is 11.8. The molecule has 21 heavy (non-hydrogen) atoms. The van der Waals surface area contributed by atoms with Crippen LogP contribution in [0.1, 0.15) is 24.1 Å². The van der Waals surface area contributed by atoms with E-state index in [2.05, 4.69) is 15.3 Å². The summed E-state index contributed by atoms with van der Waals surface area (Å²) >= 11 is 0. The van der Waals surface area contributed by atoms with E-state index in [1.165, 1.54) is 6.20 Å². The maximum Gasteiger partial charge on any atom is 0.146 e. The molecule has 0 spiro atoms. The number of rotatable bonds is 4. The number of hydrogen-bond donors (Lipinski definition) is 1. The number of halogens is 1. The van der Waals surface area contributed by atoms with Gasteiger partial charge in [-0.15, -0.1) is 0 Å². The number of nitrogens with one attached hydrogen (secondary N) is 1. The molecule has 3 nitrogen and oxygen atoms in total. The molecular weight excluding hydrogens is 265 g/mol. The molecule has 0 saturated heterocycles. The second-order valence-corrected chi connectivity index (χ2v) is 4.84. The van der Waals surface area contributed by atoms with Crippen molar-refractivity contribution in [3.05, 3.63) is 72.1 Å². The normalized spacial score (nSPS) is 12.5. The molecule has 0 amide bonds. The van der Waals surface area contributed by atoms with E-state index < -0.39 is 0 Å². The molecule has 1 atom stereocenters. The van der Waals surface area contributed by atoms with Crippen molar-refractivity contribution in [2.24, 2.45) is 0 Å². The van der Waals surface area contributed by atoms with Gasteiger partial charge in [0.1, 0.15) is 5.82 Å². The minimum Gasteiger partial charge on any atom is -0.306 e. The highest BCUT2D eigenvalue weighted by Crippen LogP contribution is 2.29. The van der Waals surface area contributed by atoms with E-state index in [4.69, 9.17) is 0 Å². The van der Waals surface area contributed by atoms with Crippen molar-refractivity contribution in [1.82, 2.24) is 15.3 Å². The molecule has 0 aliphatic rings. The predicted octanol–water partition coefficient (Wildman–Crippen LogP) is 3.47. The first-order valence-corrected chi connectivity index (χ1v) is 6.96. The number of fused-ring (bicyclic) bond motifs is 1. The van der Waals surface area contributed by atoms with Crippen molar-refractivity contribution in [2.75, 3.05) is 6.54 Å². The number of aromatic nitrogens is 2. The molecule has 2 aromatic heterocycles. The summed E-state index contributed by atoms with van der Waals surface area (Å²) < 4.78 is 14.1. The maximum atomic E-state index is 14.1. The number of pyridine rings is 2. The van der Waals surface area contributed by atoms with Crippen LogP contribution in [0.15, 0.2) is 55.1 Å². The fourth-order valence-electron chi connectivity index (χ4n) is 2.58. The van der Waals surface area contributed by atoms with Gasteiger partial charge in [0.15, 0.2) is 0 Å². The van der Waals surface area contributed by atoms with Gasteiger partial charge in [-0.3, -0.25) is 9.97 Å². The third-order valence-corrected chi connectivity index (χ3v) is 3.53. The van der Waals surface area contributed by atoms with E-state index in [-0.39, 0.29) is 11.9 Å². The zero-order chi connectivity index (χ0) is 14.7. The van der Waals surface area contributed by atoms with Gasteiger partial charge >= 0.3 is 0 Å². The SMILES string of the molecule is CCNC(c1ccncc1F)c1cncc2ccccc12. The Morgan fingerprint density at radius 1 is 1.05 bits per heavy atom. The predicted molar refractivity (Wildman–Crippen MR) is 81.5 cm³/mol. The Morgan fingerprint density at radius 3 is 2.71 bits per heavy atom. The average molecular weight is 281 g/mol. The van der Waals surface area contributed by atoms with Crippen LogP contribution in [0.2, 0.25) is 0 Å². The topological polar surface area (TPSA) is 37.8 Å². The van der Waals surface area contributed by atoms with Crippen LogP contribution in [0.4, 0.5) is 4.39 Å². The molecule has 1 N–H and O–H groups in total. The number of hydrogen-bond acceptors (Lipinski definition) is 3. The van der Waals surface area contributed by atoms with Crippen LogP contribution >= 0.6 is 0 Å². The first-order chi connectivity index (χ1) is 10.3. The third-order valence-electron chi connectivity index (χ3n) is 3.53. The van der Waals surface area contributed by atoms with Gasteiger partial charge < -0.3 is 5.32 Å². The van der Waals surface area contributed by atoms with Gasteiger partial charge in [0.05, 0.1) is 12.2 Å². The van der Waals surface area contributed by atoms with Crippen molar-refractivity contribution in [2.45, 2.75) is 13.0 Å². The molecular formula is C17H16FN3. The van der Waals surface area contributed by atoms with Gasteiger partial charge in [-0.2, -0.15) is 0 Å². The minimum atomic E-state index is -0.309. The molecule has 3 rings (SSSR count). The lowest BCUT2D eigenvalue weighted by molar-refractivity contribution is 0.555. The summed E-state index contributed by atoms with van der Waals surface area (Å²) in [6, 6.07) is 9.48. The summed E-state index contributed by atoms with van der Waals surface area (Å²) in [7, 11) is 0. The van der Waals surface area contributed by atoms with Crippen LogP contribution in [-0.2, 0) is 0 Å². The molecule has 0 fully saturated rings. The smallest absolute Gasteiger partial charge is 0.146 e. The van der Waals surface area contributed by atoms with E-state index in [9.17, 15) is 4.39 Å². The molecule has 1 unspecified atom stereocenters. The number of nitrogens with zero attached hydrogens (tertiary/aromatic N) is 2. The molecule has 0 bridgehead atoms. The van der Waals surface area contributed by atoms with Gasteiger partial charge in [-0.1, -0.05) is 31.2 Å². The maximum absolute atomic E-state index is 14.1. The summed E-state index contributed by atoms with van der Waals surface area (Å²) in [5.74, 6) is -0.309.